The summed E-state index contributed by atoms with van der Waals surface area (Å²) in [7, 11) is 6.05. The van der Waals surface area contributed by atoms with Crippen LogP contribution in [0.4, 0.5) is 0 Å². The van der Waals surface area contributed by atoms with Gasteiger partial charge in [0.25, 0.3) is 5.91 Å². The fourth-order valence-electron chi connectivity index (χ4n) is 4.45. The fraction of sp³-hybridized carbons (Fsp3) is 0.609. The van der Waals surface area contributed by atoms with E-state index in [1.54, 1.807) is 11.3 Å². The molecule has 1 saturated carbocycles. The van der Waals surface area contributed by atoms with Crippen molar-refractivity contribution >= 4 is 17.2 Å². The molecule has 1 aliphatic heterocycles. The zero-order valence-electron chi connectivity index (χ0n) is 18.4. The average Bonchev–Trinajstić information content (AvgIpc) is 3.14. The number of hydrogen-bond donors (Lipinski definition) is 0. The van der Waals surface area contributed by atoms with Gasteiger partial charge in [0.05, 0.1) is 6.04 Å². The summed E-state index contributed by atoms with van der Waals surface area (Å²) in [6.45, 7) is 2.10. The van der Waals surface area contributed by atoms with Crippen LogP contribution in [-0.2, 0) is 7.05 Å². The average molecular weight is 428 g/mol. The Hall–Kier alpha value is -1.99. The van der Waals surface area contributed by atoms with Gasteiger partial charge in [-0.2, -0.15) is 5.10 Å². The molecule has 0 radical (unpaired) electrons. The Morgan fingerprint density at radius 1 is 1.07 bits per heavy atom. The Balaban J connectivity index is 1.46. The minimum atomic E-state index is 0.105. The summed E-state index contributed by atoms with van der Waals surface area (Å²) >= 11 is 1.63. The number of amides is 1. The summed E-state index contributed by atoms with van der Waals surface area (Å²) in [6.07, 6.45) is 8.36. The molecular formula is C23H33N5OS. The maximum atomic E-state index is 12.9. The van der Waals surface area contributed by atoms with Crippen molar-refractivity contribution in [3.8, 4) is 10.6 Å². The SMILES string of the molecule is CN1CCC(N(C)C(=O)c2ccc(-c3nn(C)c(=NC4CCCCC4)s3)cc2)CC1. The summed E-state index contributed by atoms with van der Waals surface area (Å²) in [6, 6.07) is 8.66. The van der Waals surface area contributed by atoms with Crippen LogP contribution in [0.25, 0.3) is 10.6 Å². The van der Waals surface area contributed by atoms with Gasteiger partial charge in [0, 0.05) is 31.3 Å². The van der Waals surface area contributed by atoms with E-state index in [1.807, 2.05) is 47.9 Å². The van der Waals surface area contributed by atoms with Gasteiger partial charge in [0.15, 0.2) is 0 Å². The van der Waals surface area contributed by atoms with Gasteiger partial charge >= 0.3 is 0 Å². The van der Waals surface area contributed by atoms with E-state index in [2.05, 4.69) is 17.0 Å². The van der Waals surface area contributed by atoms with Crippen LogP contribution in [0.15, 0.2) is 29.3 Å². The normalized spacial score (nSPS) is 19.9. The standard InChI is InChI=1S/C23H33N5OS/c1-26-15-13-20(14-16-26)27(2)22(29)18-11-9-17(10-12-18)21-25-28(3)23(30-21)24-19-7-5-4-6-8-19/h9-12,19-20H,4-8,13-16H2,1-3H3. The molecule has 0 unspecified atom stereocenters. The van der Waals surface area contributed by atoms with Gasteiger partial charge in [0.1, 0.15) is 5.01 Å². The molecule has 1 amide bonds. The van der Waals surface area contributed by atoms with E-state index < -0.39 is 0 Å². The Kier molecular flexibility index (Phi) is 6.68. The number of rotatable bonds is 4. The van der Waals surface area contributed by atoms with Crippen LogP contribution in [0.2, 0.25) is 0 Å². The van der Waals surface area contributed by atoms with Crippen LogP contribution in [0.5, 0.6) is 0 Å². The second kappa shape index (κ2) is 9.43. The molecule has 2 heterocycles. The molecule has 1 saturated heterocycles. The Morgan fingerprint density at radius 3 is 2.40 bits per heavy atom. The maximum Gasteiger partial charge on any atom is 0.253 e. The van der Waals surface area contributed by atoms with Crippen LogP contribution in [0, 0.1) is 0 Å². The minimum absolute atomic E-state index is 0.105. The predicted molar refractivity (Wildman–Crippen MR) is 122 cm³/mol. The van der Waals surface area contributed by atoms with Gasteiger partial charge in [-0.05, 0) is 58.0 Å². The first-order valence-corrected chi connectivity index (χ1v) is 12.0. The van der Waals surface area contributed by atoms with Crippen molar-refractivity contribution in [3.63, 3.8) is 0 Å². The first-order chi connectivity index (χ1) is 14.5. The molecule has 0 N–H and O–H groups in total. The second-order valence-corrected chi connectivity index (χ2v) is 9.72. The number of hydrogen-bond acceptors (Lipinski definition) is 5. The second-order valence-electron chi connectivity index (χ2n) is 8.76. The van der Waals surface area contributed by atoms with Gasteiger partial charge in [0.2, 0.25) is 4.80 Å². The van der Waals surface area contributed by atoms with Crippen LogP contribution < -0.4 is 4.80 Å². The predicted octanol–water partition coefficient (Wildman–Crippen LogP) is 3.55. The molecule has 0 bridgehead atoms. The number of nitrogens with zero attached hydrogens (tertiary/aromatic N) is 5. The molecule has 2 aromatic rings. The highest BCUT2D eigenvalue weighted by Crippen LogP contribution is 2.23. The summed E-state index contributed by atoms with van der Waals surface area (Å²) in [4.78, 5) is 23.1. The van der Waals surface area contributed by atoms with E-state index >= 15 is 0 Å². The molecule has 1 aromatic carbocycles. The molecule has 1 aliphatic carbocycles. The van der Waals surface area contributed by atoms with Crippen molar-refractivity contribution in [1.82, 2.24) is 19.6 Å². The van der Waals surface area contributed by atoms with Crippen LogP contribution in [0.1, 0.15) is 55.3 Å². The number of aromatic nitrogens is 2. The lowest BCUT2D eigenvalue weighted by atomic mass is 9.96. The monoisotopic (exact) mass is 427 g/mol. The molecule has 6 nitrogen and oxygen atoms in total. The number of likely N-dealkylation sites (tertiary alicyclic amines) is 1. The fourth-order valence-corrected chi connectivity index (χ4v) is 5.42. The molecule has 2 aliphatic rings. The van der Waals surface area contributed by atoms with Crippen molar-refractivity contribution in [2.75, 3.05) is 27.2 Å². The zero-order chi connectivity index (χ0) is 21.1. The molecule has 0 spiro atoms. The highest BCUT2D eigenvalue weighted by molar-refractivity contribution is 7.12. The Bertz CT molecular complexity index is 918. The van der Waals surface area contributed by atoms with Gasteiger partial charge in [-0.15, -0.1) is 0 Å². The summed E-state index contributed by atoms with van der Waals surface area (Å²) in [5.74, 6) is 0.105. The minimum Gasteiger partial charge on any atom is -0.339 e. The quantitative estimate of drug-likeness (QED) is 0.750. The number of piperidine rings is 1. The van der Waals surface area contributed by atoms with Crippen LogP contribution in [0.3, 0.4) is 0 Å². The van der Waals surface area contributed by atoms with Crippen molar-refractivity contribution in [2.24, 2.45) is 12.0 Å². The van der Waals surface area contributed by atoms with Crippen LogP contribution >= 0.6 is 11.3 Å². The summed E-state index contributed by atoms with van der Waals surface area (Å²) in [5.41, 5.74) is 1.78. The van der Waals surface area contributed by atoms with Gasteiger partial charge in [-0.25, -0.2) is 4.68 Å². The topological polar surface area (TPSA) is 53.7 Å². The third-order valence-corrected chi connectivity index (χ3v) is 7.57. The van der Waals surface area contributed by atoms with E-state index in [-0.39, 0.29) is 5.91 Å². The van der Waals surface area contributed by atoms with E-state index in [0.717, 1.165) is 46.9 Å². The lowest BCUT2D eigenvalue weighted by Crippen LogP contribution is -2.44. The molecule has 0 atom stereocenters. The number of aryl methyl sites for hydroxylation is 1. The first-order valence-electron chi connectivity index (χ1n) is 11.2. The number of carbonyl (C=O) groups excluding carboxylic acids is 1. The molecule has 7 heteroatoms. The van der Waals surface area contributed by atoms with Crippen molar-refractivity contribution < 1.29 is 4.79 Å². The third-order valence-electron chi connectivity index (χ3n) is 6.51. The molecule has 2 fully saturated rings. The van der Waals surface area contributed by atoms with E-state index in [1.165, 1.54) is 32.1 Å². The Morgan fingerprint density at radius 2 is 1.73 bits per heavy atom. The molecule has 4 rings (SSSR count). The van der Waals surface area contributed by atoms with Gasteiger partial charge in [-0.3, -0.25) is 9.79 Å². The first kappa shape index (κ1) is 21.2. The number of carbonyl (C=O) groups is 1. The van der Waals surface area contributed by atoms with Crippen molar-refractivity contribution in [3.05, 3.63) is 34.6 Å². The van der Waals surface area contributed by atoms with Gasteiger partial charge < -0.3 is 9.80 Å². The summed E-state index contributed by atoms with van der Waals surface area (Å²) < 4.78 is 1.89. The van der Waals surface area contributed by atoms with Crippen molar-refractivity contribution in [2.45, 2.75) is 57.0 Å². The molecular weight excluding hydrogens is 394 g/mol. The number of benzene rings is 1. The van der Waals surface area contributed by atoms with Crippen molar-refractivity contribution in [1.29, 1.82) is 0 Å². The summed E-state index contributed by atoms with van der Waals surface area (Å²) in [5, 5.41) is 5.63. The lowest BCUT2D eigenvalue weighted by Gasteiger charge is -2.35. The van der Waals surface area contributed by atoms with E-state index in [9.17, 15) is 4.79 Å². The third kappa shape index (κ3) is 4.83. The molecule has 1 aromatic heterocycles. The highest BCUT2D eigenvalue weighted by Gasteiger charge is 2.24. The Labute approximate surface area is 183 Å². The largest absolute Gasteiger partial charge is 0.339 e. The van der Waals surface area contributed by atoms with E-state index in [0.29, 0.717) is 12.1 Å². The van der Waals surface area contributed by atoms with E-state index in [4.69, 9.17) is 4.99 Å². The van der Waals surface area contributed by atoms with Gasteiger partial charge in [-0.1, -0.05) is 42.7 Å². The smallest absolute Gasteiger partial charge is 0.253 e. The lowest BCUT2D eigenvalue weighted by molar-refractivity contribution is 0.0659. The molecule has 162 valence electrons. The van der Waals surface area contributed by atoms with Crippen LogP contribution in [-0.4, -0.2) is 64.8 Å². The highest BCUT2D eigenvalue weighted by atomic mass is 32.1. The maximum absolute atomic E-state index is 12.9. The zero-order valence-corrected chi connectivity index (χ0v) is 19.2. The molecule has 30 heavy (non-hydrogen) atoms.